The molecule has 0 spiro atoms. The fraction of sp³-hybridized carbons (Fsp3) is 0.357. The van der Waals surface area contributed by atoms with E-state index in [0.29, 0.717) is 5.58 Å². The molecule has 96 valence electrons. The van der Waals surface area contributed by atoms with Crippen molar-refractivity contribution in [2.24, 2.45) is 0 Å². The first-order chi connectivity index (χ1) is 8.70. The number of ether oxygens (including phenoxy) is 1. The summed E-state index contributed by atoms with van der Waals surface area (Å²) in [6.45, 7) is 2.71. The number of rotatable bonds is 5. The quantitative estimate of drug-likeness (QED) is 0.615. The molecular weight excluding hydrogens is 248 g/mol. The third-order valence-electron chi connectivity index (χ3n) is 2.68. The first kappa shape index (κ1) is 13.2. The second-order valence-corrected chi connectivity index (χ2v) is 5.24. The zero-order valence-corrected chi connectivity index (χ0v) is 11.4. The summed E-state index contributed by atoms with van der Waals surface area (Å²) in [4.78, 5) is 11.5. The van der Waals surface area contributed by atoms with Crippen LogP contribution in [0.3, 0.4) is 0 Å². The van der Waals surface area contributed by atoms with Gasteiger partial charge in [0.1, 0.15) is 5.58 Å². The highest BCUT2D eigenvalue weighted by Gasteiger charge is 2.05. The van der Waals surface area contributed by atoms with E-state index in [-0.39, 0.29) is 5.63 Å². The van der Waals surface area contributed by atoms with Gasteiger partial charge in [0.05, 0.1) is 6.61 Å². The Morgan fingerprint density at radius 2 is 2.17 bits per heavy atom. The molecule has 2 rings (SSSR count). The summed E-state index contributed by atoms with van der Waals surface area (Å²) in [5, 5.41) is 1.02. The molecule has 0 N–H and O–H groups in total. The Kier molecular flexibility index (Phi) is 4.44. The number of methoxy groups -OCH3 is 1. The standard InChI is InChI=1S/C14H16O3S/c1-10-3-4-12-11(9-18-6-5-16-2)8-14(15)17-13(12)7-10/h3-4,7-8H,5-6,9H2,1-2H3. The SMILES string of the molecule is COCCSCc1cc(=O)oc2cc(C)ccc12. The monoisotopic (exact) mass is 264 g/mol. The Hall–Kier alpha value is -1.26. The van der Waals surface area contributed by atoms with Gasteiger partial charge in [0, 0.05) is 30.1 Å². The van der Waals surface area contributed by atoms with E-state index in [1.54, 1.807) is 24.9 Å². The van der Waals surface area contributed by atoms with Crippen LogP contribution in [0, 0.1) is 6.92 Å². The summed E-state index contributed by atoms with van der Waals surface area (Å²) in [5.41, 5.74) is 2.51. The molecule has 0 fully saturated rings. The van der Waals surface area contributed by atoms with Crippen LogP contribution in [0.2, 0.25) is 0 Å². The predicted molar refractivity (Wildman–Crippen MR) is 75.3 cm³/mol. The predicted octanol–water partition coefficient (Wildman–Crippen LogP) is 2.98. The zero-order chi connectivity index (χ0) is 13.0. The normalized spacial score (nSPS) is 11.0. The molecule has 1 aromatic carbocycles. The molecule has 0 bridgehead atoms. The smallest absolute Gasteiger partial charge is 0.336 e. The molecule has 0 saturated carbocycles. The Morgan fingerprint density at radius 3 is 2.94 bits per heavy atom. The van der Waals surface area contributed by atoms with Gasteiger partial charge < -0.3 is 9.15 Å². The van der Waals surface area contributed by atoms with Crippen molar-refractivity contribution in [1.29, 1.82) is 0 Å². The molecule has 0 atom stereocenters. The molecule has 0 amide bonds. The van der Waals surface area contributed by atoms with Crippen molar-refractivity contribution in [2.45, 2.75) is 12.7 Å². The van der Waals surface area contributed by atoms with Gasteiger partial charge in [0.15, 0.2) is 0 Å². The molecule has 0 aliphatic heterocycles. The van der Waals surface area contributed by atoms with Gasteiger partial charge in [-0.15, -0.1) is 0 Å². The highest BCUT2D eigenvalue weighted by Crippen LogP contribution is 2.22. The van der Waals surface area contributed by atoms with E-state index >= 15 is 0 Å². The van der Waals surface area contributed by atoms with Crippen molar-refractivity contribution in [3.05, 3.63) is 45.8 Å². The summed E-state index contributed by atoms with van der Waals surface area (Å²) in [5.74, 6) is 1.72. The van der Waals surface area contributed by atoms with Crippen LogP contribution in [-0.2, 0) is 10.5 Å². The van der Waals surface area contributed by atoms with Gasteiger partial charge >= 0.3 is 5.63 Å². The van der Waals surface area contributed by atoms with E-state index in [0.717, 1.165) is 34.6 Å². The lowest BCUT2D eigenvalue weighted by Gasteiger charge is -2.05. The van der Waals surface area contributed by atoms with Crippen molar-refractivity contribution in [1.82, 2.24) is 0 Å². The van der Waals surface area contributed by atoms with Gasteiger partial charge in [-0.1, -0.05) is 12.1 Å². The molecule has 4 heteroatoms. The second-order valence-electron chi connectivity index (χ2n) is 4.14. The van der Waals surface area contributed by atoms with Gasteiger partial charge in [0.25, 0.3) is 0 Å². The minimum absolute atomic E-state index is 0.282. The van der Waals surface area contributed by atoms with Gasteiger partial charge in [-0.25, -0.2) is 4.79 Å². The fourth-order valence-electron chi connectivity index (χ4n) is 1.78. The van der Waals surface area contributed by atoms with Gasteiger partial charge in [-0.3, -0.25) is 0 Å². The van der Waals surface area contributed by atoms with Gasteiger partial charge in [0.2, 0.25) is 0 Å². The highest BCUT2D eigenvalue weighted by atomic mass is 32.2. The molecule has 0 radical (unpaired) electrons. The van der Waals surface area contributed by atoms with Crippen molar-refractivity contribution in [3.63, 3.8) is 0 Å². The van der Waals surface area contributed by atoms with Gasteiger partial charge in [-0.05, 0) is 24.1 Å². The molecule has 3 nitrogen and oxygen atoms in total. The summed E-state index contributed by atoms with van der Waals surface area (Å²) in [7, 11) is 1.69. The minimum Gasteiger partial charge on any atom is -0.423 e. The molecule has 0 aliphatic rings. The average molecular weight is 264 g/mol. The number of fused-ring (bicyclic) bond motifs is 1. The van der Waals surface area contributed by atoms with Crippen LogP contribution >= 0.6 is 11.8 Å². The summed E-state index contributed by atoms with van der Waals surface area (Å²) in [6.07, 6.45) is 0. The van der Waals surface area contributed by atoms with Crippen molar-refractivity contribution < 1.29 is 9.15 Å². The third-order valence-corrected chi connectivity index (χ3v) is 3.65. The Morgan fingerprint density at radius 1 is 1.33 bits per heavy atom. The first-order valence-electron chi connectivity index (χ1n) is 5.81. The molecule has 0 saturated heterocycles. The second kappa shape index (κ2) is 6.07. The molecule has 0 aliphatic carbocycles. The Labute approximate surface area is 110 Å². The maximum absolute atomic E-state index is 11.5. The van der Waals surface area contributed by atoms with Crippen LogP contribution in [0.15, 0.2) is 33.5 Å². The minimum atomic E-state index is -0.282. The van der Waals surface area contributed by atoms with E-state index < -0.39 is 0 Å². The molecular formula is C14H16O3S. The lowest BCUT2D eigenvalue weighted by atomic mass is 10.1. The fourth-order valence-corrected chi connectivity index (χ4v) is 2.67. The number of thioether (sulfide) groups is 1. The average Bonchev–Trinajstić information content (AvgIpc) is 2.33. The molecule has 0 unspecified atom stereocenters. The van der Waals surface area contributed by atoms with E-state index in [1.807, 2.05) is 25.1 Å². The Balaban J connectivity index is 2.28. The van der Waals surface area contributed by atoms with Gasteiger partial charge in [-0.2, -0.15) is 11.8 Å². The highest BCUT2D eigenvalue weighted by molar-refractivity contribution is 7.98. The Bertz CT molecular complexity index is 589. The maximum atomic E-state index is 11.5. The van der Waals surface area contributed by atoms with Crippen LogP contribution in [-0.4, -0.2) is 19.5 Å². The number of hydrogen-bond acceptors (Lipinski definition) is 4. The number of hydrogen-bond donors (Lipinski definition) is 0. The largest absolute Gasteiger partial charge is 0.423 e. The summed E-state index contributed by atoms with van der Waals surface area (Å²) < 4.78 is 10.2. The first-order valence-corrected chi connectivity index (χ1v) is 6.96. The van der Waals surface area contributed by atoms with Crippen molar-refractivity contribution in [2.75, 3.05) is 19.5 Å². The van der Waals surface area contributed by atoms with Crippen LogP contribution in [0.4, 0.5) is 0 Å². The summed E-state index contributed by atoms with van der Waals surface area (Å²) in [6, 6.07) is 7.53. The number of aryl methyl sites for hydroxylation is 1. The van der Waals surface area contributed by atoms with Crippen LogP contribution < -0.4 is 5.63 Å². The molecule has 2 aromatic rings. The molecule has 1 heterocycles. The topological polar surface area (TPSA) is 39.4 Å². The van der Waals surface area contributed by atoms with Crippen molar-refractivity contribution >= 4 is 22.7 Å². The van der Waals surface area contributed by atoms with E-state index in [2.05, 4.69) is 0 Å². The van der Waals surface area contributed by atoms with E-state index in [9.17, 15) is 4.79 Å². The zero-order valence-electron chi connectivity index (χ0n) is 10.6. The molecule has 18 heavy (non-hydrogen) atoms. The molecule has 1 aromatic heterocycles. The van der Waals surface area contributed by atoms with E-state index in [1.165, 1.54) is 0 Å². The van der Waals surface area contributed by atoms with E-state index in [4.69, 9.17) is 9.15 Å². The number of benzene rings is 1. The third kappa shape index (κ3) is 3.15. The van der Waals surface area contributed by atoms with Crippen LogP contribution in [0.5, 0.6) is 0 Å². The van der Waals surface area contributed by atoms with Crippen molar-refractivity contribution in [3.8, 4) is 0 Å². The van der Waals surface area contributed by atoms with Crippen LogP contribution in [0.25, 0.3) is 11.0 Å². The lowest BCUT2D eigenvalue weighted by Crippen LogP contribution is -2.01. The lowest BCUT2D eigenvalue weighted by molar-refractivity contribution is 0.218. The van der Waals surface area contributed by atoms with Crippen LogP contribution in [0.1, 0.15) is 11.1 Å². The maximum Gasteiger partial charge on any atom is 0.336 e. The summed E-state index contributed by atoms with van der Waals surface area (Å²) >= 11 is 1.75.